The molecule has 1 fully saturated rings. The monoisotopic (exact) mass is 498 g/mol. The van der Waals surface area contributed by atoms with Crippen LogP contribution in [0.25, 0.3) is 0 Å². The van der Waals surface area contributed by atoms with E-state index in [1.165, 1.54) is 23.2 Å². The molecule has 0 spiro atoms. The molecule has 36 heavy (non-hydrogen) atoms. The maximum Gasteiger partial charge on any atom is 0.573 e. The lowest BCUT2D eigenvalue weighted by atomic mass is 10.0. The number of carbonyl (C=O) groups excluding carboxylic acids is 3. The maximum atomic E-state index is 13.2. The summed E-state index contributed by atoms with van der Waals surface area (Å²) in [5.41, 5.74) is -0.0676. The summed E-state index contributed by atoms with van der Waals surface area (Å²) in [6.07, 6.45) is -3.38. The third kappa shape index (κ3) is 5.14. The number of urea groups is 1. The molecule has 1 aliphatic heterocycles. The molecule has 0 unspecified atom stereocenters. The topological polar surface area (TPSA) is 91.8 Å². The number of imide groups is 1. The number of pyridine rings is 1. The molecule has 3 aromatic rings. The number of rotatable bonds is 6. The van der Waals surface area contributed by atoms with E-state index in [9.17, 15) is 27.6 Å². The molecule has 0 radical (unpaired) electrons. The lowest BCUT2D eigenvalue weighted by Gasteiger charge is -2.27. The molecule has 1 aliphatic rings. The van der Waals surface area contributed by atoms with E-state index in [2.05, 4.69) is 15.0 Å². The number of hydrogen-bond donors (Lipinski definition) is 1. The zero-order valence-corrected chi connectivity index (χ0v) is 19.2. The fourth-order valence-electron chi connectivity index (χ4n) is 3.73. The van der Waals surface area contributed by atoms with Crippen LogP contribution in [-0.2, 0) is 11.3 Å². The van der Waals surface area contributed by atoms with E-state index < -0.39 is 29.6 Å². The highest BCUT2D eigenvalue weighted by Crippen LogP contribution is 2.34. The summed E-state index contributed by atoms with van der Waals surface area (Å²) in [5.74, 6) is -1.08. The van der Waals surface area contributed by atoms with Crippen LogP contribution < -0.4 is 15.0 Å². The van der Waals surface area contributed by atoms with Crippen molar-refractivity contribution in [2.24, 2.45) is 0 Å². The Morgan fingerprint density at radius 2 is 1.69 bits per heavy atom. The van der Waals surface area contributed by atoms with Gasteiger partial charge in [-0.3, -0.25) is 9.59 Å². The van der Waals surface area contributed by atoms with Crippen molar-refractivity contribution in [1.29, 1.82) is 0 Å². The molecule has 1 aromatic heterocycles. The number of hydrogen-bond acceptors (Lipinski definition) is 5. The number of carbonyl (C=O) groups is 3. The van der Waals surface area contributed by atoms with Crippen LogP contribution in [0.5, 0.6) is 5.75 Å². The van der Waals surface area contributed by atoms with Crippen molar-refractivity contribution in [3.8, 4) is 5.75 Å². The van der Waals surface area contributed by atoms with Gasteiger partial charge in [-0.05, 0) is 67.9 Å². The van der Waals surface area contributed by atoms with Crippen molar-refractivity contribution in [2.45, 2.75) is 32.3 Å². The second-order valence-corrected chi connectivity index (χ2v) is 8.48. The lowest BCUT2D eigenvalue weighted by molar-refractivity contribution is -0.274. The first kappa shape index (κ1) is 24.7. The lowest BCUT2D eigenvalue weighted by Crippen LogP contribution is -2.43. The Morgan fingerprint density at radius 3 is 2.33 bits per heavy atom. The van der Waals surface area contributed by atoms with Gasteiger partial charge in [-0.1, -0.05) is 18.2 Å². The molecular formula is C25H21F3N4O4. The number of amides is 4. The van der Waals surface area contributed by atoms with Crippen LogP contribution in [0.1, 0.15) is 29.8 Å². The molecule has 0 saturated carbocycles. The van der Waals surface area contributed by atoms with Crippen LogP contribution in [0.15, 0.2) is 72.9 Å². The molecule has 0 aliphatic carbocycles. The first-order valence-electron chi connectivity index (χ1n) is 10.8. The smallest absolute Gasteiger partial charge is 0.406 e. The average molecular weight is 498 g/mol. The zero-order chi connectivity index (χ0) is 26.1. The Morgan fingerprint density at radius 1 is 1.03 bits per heavy atom. The molecule has 1 saturated heterocycles. The predicted molar refractivity (Wildman–Crippen MR) is 124 cm³/mol. The van der Waals surface area contributed by atoms with E-state index in [4.69, 9.17) is 0 Å². The summed E-state index contributed by atoms with van der Waals surface area (Å²) in [4.78, 5) is 45.2. The first-order valence-corrected chi connectivity index (χ1v) is 10.8. The number of alkyl halides is 3. The Labute approximate surface area is 204 Å². The van der Waals surface area contributed by atoms with Crippen LogP contribution in [-0.4, -0.2) is 39.6 Å². The van der Waals surface area contributed by atoms with Gasteiger partial charge in [0.2, 0.25) is 0 Å². The SMILES string of the molecule is CC1(C)C(=O)N(c2ccc(OC(F)(F)F)cc2)C(=O)N1Cc1ccnc(NC(=O)c2ccccc2)c1. The van der Waals surface area contributed by atoms with Crippen molar-refractivity contribution in [3.63, 3.8) is 0 Å². The van der Waals surface area contributed by atoms with Crippen LogP contribution in [0.3, 0.4) is 0 Å². The molecular weight excluding hydrogens is 477 g/mol. The number of nitrogens with zero attached hydrogens (tertiary/aromatic N) is 3. The second kappa shape index (κ2) is 9.33. The minimum atomic E-state index is -4.86. The highest BCUT2D eigenvalue weighted by atomic mass is 19.4. The molecule has 1 N–H and O–H groups in total. The summed E-state index contributed by atoms with van der Waals surface area (Å²) < 4.78 is 41.2. The van der Waals surface area contributed by atoms with Crippen LogP contribution in [0.2, 0.25) is 0 Å². The van der Waals surface area contributed by atoms with E-state index in [0.717, 1.165) is 17.0 Å². The van der Waals surface area contributed by atoms with Gasteiger partial charge < -0.3 is 15.0 Å². The normalized spacial score (nSPS) is 15.2. The van der Waals surface area contributed by atoms with Crippen LogP contribution in [0, 0.1) is 0 Å². The Bertz CT molecular complexity index is 1290. The van der Waals surface area contributed by atoms with Gasteiger partial charge in [0.1, 0.15) is 17.1 Å². The van der Waals surface area contributed by atoms with E-state index in [1.807, 2.05) is 0 Å². The number of nitrogens with one attached hydrogen (secondary N) is 1. The standard InChI is InChI=1S/C25H21F3N4O4/c1-24(2)22(34)32(18-8-10-19(11-9-18)36-25(26,27)28)23(35)31(24)15-16-12-13-29-20(14-16)30-21(33)17-6-4-3-5-7-17/h3-14H,15H2,1-2H3,(H,29,30,33). The molecule has 4 rings (SSSR count). The van der Waals surface area contributed by atoms with Gasteiger partial charge in [0.25, 0.3) is 11.8 Å². The summed E-state index contributed by atoms with van der Waals surface area (Å²) in [6, 6.07) is 15.7. The van der Waals surface area contributed by atoms with Crippen molar-refractivity contribution < 1.29 is 32.3 Å². The van der Waals surface area contributed by atoms with E-state index in [-0.39, 0.29) is 24.0 Å². The molecule has 2 heterocycles. The molecule has 0 bridgehead atoms. The van der Waals surface area contributed by atoms with E-state index in [0.29, 0.717) is 11.1 Å². The maximum absolute atomic E-state index is 13.2. The quantitative estimate of drug-likeness (QED) is 0.484. The Hall–Kier alpha value is -4.41. The average Bonchev–Trinajstić information content (AvgIpc) is 2.99. The van der Waals surface area contributed by atoms with Gasteiger partial charge in [-0.25, -0.2) is 14.7 Å². The minimum Gasteiger partial charge on any atom is -0.406 e. The highest BCUT2D eigenvalue weighted by molar-refractivity contribution is 6.22. The fraction of sp³-hybridized carbons (Fsp3) is 0.200. The van der Waals surface area contributed by atoms with Crippen molar-refractivity contribution >= 4 is 29.4 Å². The number of ether oxygens (including phenoxy) is 1. The largest absolute Gasteiger partial charge is 0.573 e. The van der Waals surface area contributed by atoms with E-state index >= 15 is 0 Å². The van der Waals surface area contributed by atoms with Gasteiger partial charge in [0.05, 0.1) is 5.69 Å². The van der Waals surface area contributed by atoms with Crippen LogP contribution >= 0.6 is 0 Å². The van der Waals surface area contributed by atoms with Gasteiger partial charge in [0.15, 0.2) is 0 Å². The summed E-state index contributed by atoms with van der Waals surface area (Å²) >= 11 is 0. The van der Waals surface area contributed by atoms with Crippen LogP contribution in [0.4, 0.5) is 29.5 Å². The molecule has 2 aromatic carbocycles. The zero-order valence-electron chi connectivity index (χ0n) is 19.2. The first-order chi connectivity index (χ1) is 17.0. The van der Waals surface area contributed by atoms with E-state index in [1.54, 1.807) is 56.3 Å². The third-order valence-electron chi connectivity index (χ3n) is 5.59. The van der Waals surface area contributed by atoms with Crippen molar-refractivity contribution in [3.05, 3.63) is 84.1 Å². The van der Waals surface area contributed by atoms with Gasteiger partial charge in [-0.2, -0.15) is 0 Å². The Kier molecular flexibility index (Phi) is 6.40. The number of aromatic nitrogens is 1. The van der Waals surface area contributed by atoms with Gasteiger partial charge >= 0.3 is 12.4 Å². The fourth-order valence-corrected chi connectivity index (χ4v) is 3.73. The third-order valence-corrected chi connectivity index (χ3v) is 5.59. The Balaban J connectivity index is 1.52. The second-order valence-electron chi connectivity index (χ2n) is 8.48. The highest BCUT2D eigenvalue weighted by Gasteiger charge is 2.51. The van der Waals surface area contributed by atoms with Crippen molar-refractivity contribution in [1.82, 2.24) is 9.88 Å². The minimum absolute atomic E-state index is 0.0278. The molecule has 186 valence electrons. The molecule has 11 heteroatoms. The molecule has 8 nitrogen and oxygen atoms in total. The number of benzene rings is 2. The number of halogens is 3. The van der Waals surface area contributed by atoms with Gasteiger partial charge in [0, 0.05) is 18.3 Å². The summed E-state index contributed by atoms with van der Waals surface area (Å²) in [6.45, 7) is 3.18. The summed E-state index contributed by atoms with van der Waals surface area (Å²) in [7, 11) is 0. The predicted octanol–water partition coefficient (Wildman–Crippen LogP) is 4.98. The molecule has 0 atom stereocenters. The number of anilines is 2. The molecule has 4 amide bonds. The van der Waals surface area contributed by atoms with Gasteiger partial charge in [-0.15, -0.1) is 13.2 Å². The summed E-state index contributed by atoms with van der Waals surface area (Å²) in [5, 5.41) is 2.70. The van der Waals surface area contributed by atoms with Crippen molar-refractivity contribution in [2.75, 3.05) is 10.2 Å².